The van der Waals surface area contributed by atoms with Gasteiger partial charge in [0, 0.05) is 30.3 Å². The number of imide groups is 1. The first-order valence-corrected chi connectivity index (χ1v) is 9.06. The van der Waals surface area contributed by atoms with Crippen LogP contribution in [-0.2, 0) is 14.4 Å². The Bertz CT molecular complexity index is 650. The second kappa shape index (κ2) is 6.90. The summed E-state index contributed by atoms with van der Waals surface area (Å²) in [6.07, 6.45) is 0.985. The fourth-order valence-electron chi connectivity index (χ4n) is 3.30. The number of carboxylic acids is 1. The Labute approximate surface area is 147 Å². The van der Waals surface area contributed by atoms with Gasteiger partial charge in [-0.1, -0.05) is 0 Å². The van der Waals surface area contributed by atoms with Gasteiger partial charge in [0.05, 0.1) is 12.1 Å². The number of carbonyl (C=O) groups excluding carboxylic acids is 3. The quantitative estimate of drug-likeness (QED) is 0.121. The minimum Gasteiger partial charge on any atom is -0.473 e. The molecule has 4 amide bonds. The van der Waals surface area contributed by atoms with E-state index in [0.717, 1.165) is 5.75 Å². The molecule has 0 aliphatic carbocycles. The molecule has 11 heteroatoms. The Morgan fingerprint density at radius 3 is 2.56 bits per heavy atom. The van der Waals surface area contributed by atoms with E-state index in [0.29, 0.717) is 17.9 Å². The van der Waals surface area contributed by atoms with Crippen LogP contribution in [0.3, 0.4) is 0 Å². The Balaban J connectivity index is 1.62. The zero-order chi connectivity index (χ0) is 18.1. The molecule has 0 aromatic carbocycles. The average Bonchev–Trinajstić information content (AvgIpc) is 3.18. The molecule has 0 aromatic rings. The zero-order valence-corrected chi connectivity index (χ0v) is 14.1. The lowest BCUT2D eigenvalue weighted by Crippen LogP contribution is -2.43. The predicted octanol–water partition coefficient (Wildman–Crippen LogP) is -0.687. The average molecular weight is 371 g/mol. The van der Waals surface area contributed by atoms with E-state index in [1.807, 2.05) is 0 Å². The van der Waals surface area contributed by atoms with Crippen LogP contribution in [0.2, 0.25) is 0 Å². The lowest BCUT2D eigenvalue weighted by molar-refractivity contribution is -0.860. The van der Waals surface area contributed by atoms with Crippen molar-refractivity contribution < 1.29 is 34.3 Å². The lowest BCUT2D eigenvalue weighted by atomic mass is 10.0. The highest BCUT2D eigenvalue weighted by Crippen LogP contribution is 2.33. The topological polar surface area (TPSA) is 139 Å². The molecular formula is C14H19N4O6S+. The summed E-state index contributed by atoms with van der Waals surface area (Å²) < 4.78 is 0. The standard InChI is InChI=1S/C14H18N4O6S/c19-10-4-5-11(20)17(10)18(24)8(13(21)22)2-1-3-9-12-7(6-25-9)15-14(23)16-12/h7,9,12H,1-6H2,(H3-,15,16,21,22,23,24)/p+1/t7-,9-,12-/m0/s1. The molecule has 3 heterocycles. The van der Waals surface area contributed by atoms with Crippen molar-refractivity contribution in [2.45, 2.75) is 49.4 Å². The van der Waals surface area contributed by atoms with Crippen LogP contribution >= 0.6 is 11.8 Å². The van der Waals surface area contributed by atoms with Gasteiger partial charge in [0.15, 0.2) is 0 Å². The van der Waals surface area contributed by atoms with Crippen LogP contribution in [0, 0.1) is 0 Å². The van der Waals surface area contributed by atoms with Crippen molar-refractivity contribution in [2.75, 3.05) is 5.75 Å². The minimum atomic E-state index is -1.39. The molecule has 0 aromatic heterocycles. The number of urea groups is 1. The number of rotatable bonds is 6. The maximum absolute atomic E-state index is 11.6. The number of thioether (sulfide) groups is 1. The molecule has 4 N–H and O–H groups in total. The van der Waals surface area contributed by atoms with Crippen molar-refractivity contribution >= 4 is 41.3 Å². The number of hydrogen-bond acceptors (Lipinski definition) is 6. The number of hydrazone groups is 1. The SMILES string of the molecule is O=C1N[C@H]2[C@H](CS[C@H]2CCCC(C(=O)O)=[N+](O)N2C(=O)CCC2=O)N1. The highest BCUT2D eigenvalue weighted by Gasteiger charge is 2.44. The number of nitrogens with zero attached hydrogens (tertiary/aromatic N) is 2. The Morgan fingerprint density at radius 1 is 1.24 bits per heavy atom. The van der Waals surface area contributed by atoms with Crippen molar-refractivity contribution in [3.63, 3.8) is 0 Å². The molecule has 3 fully saturated rings. The molecule has 3 rings (SSSR count). The molecule has 0 spiro atoms. The van der Waals surface area contributed by atoms with Gasteiger partial charge in [-0.2, -0.15) is 11.8 Å². The van der Waals surface area contributed by atoms with Crippen LogP contribution in [0.4, 0.5) is 4.79 Å². The van der Waals surface area contributed by atoms with Crippen molar-refractivity contribution in [3.05, 3.63) is 0 Å². The van der Waals surface area contributed by atoms with E-state index in [-0.39, 0.29) is 47.5 Å². The first-order chi connectivity index (χ1) is 11.9. The van der Waals surface area contributed by atoms with Crippen LogP contribution in [-0.4, -0.2) is 72.8 Å². The van der Waals surface area contributed by atoms with Gasteiger partial charge >= 0.3 is 17.7 Å². The largest absolute Gasteiger partial charge is 0.473 e. The van der Waals surface area contributed by atoms with E-state index in [9.17, 15) is 29.5 Å². The minimum absolute atomic E-state index is 0.00127. The summed E-state index contributed by atoms with van der Waals surface area (Å²) in [5.41, 5.74) is -0.420. The highest BCUT2D eigenvalue weighted by molar-refractivity contribution is 8.00. The Hall–Kier alpha value is -2.30. The Morgan fingerprint density at radius 2 is 1.92 bits per heavy atom. The van der Waals surface area contributed by atoms with Gasteiger partial charge in [-0.15, -0.1) is 0 Å². The fourth-order valence-corrected chi connectivity index (χ4v) is 4.85. The predicted molar refractivity (Wildman–Crippen MR) is 85.1 cm³/mol. The van der Waals surface area contributed by atoms with Crippen molar-refractivity contribution in [3.8, 4) is 0 Å². The number of aliphatic carboxylic acids is 1. The molecule has 0 bridgehead atoms. The van der Waals surface area contributed by atoms with Crippen LogP contribution in [0.1, 0.15) is 32.1 Å². The monoisotopic (exact) mass is 371 g/mol. The summed E-state index contributed by atoms with van der Waals surface area (Å²) in [5, 5.41) is 25.6. The lowest BCUT2D eigenvalue weighted by Gasteiger charge is -2.16. The number of hydrazine groups is 1. The smallest absolute Gasteiger partial charge is 0.404 e. The van der Waals surface area contributed by atoms with Gasteiger partial charge in [0.2, 0.25) is 0 Å². The molecule has 0 radical (unpaired) electrons. The molecule has 3 aliphatic heterocycles. The molecule has 0 unspecified atom stereocenters. The third kappa shape index (κ3) is 3.41. The van der Waals surface area contributed by atoms with Gasteiger partial charge in [-0.3, -0.25) is 14.8 Å². The molecule has 0 saturated carbocycles. The van der Waals surface area contributed by atoms with Crippen LogP contribution in [0.5, 0.6) is 0 Å². The number of carbonyl (C=O) groups is 4. The number of amides is 4. The second-order valence-corrected chi connectivity index (χ2v) is 7.43. The number of fused-ring (bicyclic) bond motifs is 1. The summed E-state index contributed by atoms with van der Waals surface area (Å²) in [4.78, 5) is 46.2. The van der Waals surface area contributed by atoms with Gasteiger partial charge < -0.3 is 15.7 Å². The van der Waals surface area contributed by atoms with E-state index in [4.69, 9.17) is 0 Å². The number of nitrogens with one attached hydrogen (secondary N) is 2. The second-order valence-electron chi connectivity index (χ2n) is 6.15. The summed E-state index contributed by atoms with van der Waals surface area (Å²) in [7, 11) is 0. The highest BCUT2D eigenvalue weighted by atomic mass is 32.2. The van der Waals surface area contributed by atoms with Gasteiger partial charge in [-0.05, 0) is 17.9 Å². The zero-order valence-electron chi connectivity index (χ0n) is 13.3. The van der Waals surface area contributed by atoms with Crippen LogP contribution in [0.25, 0.3) is 0 Å². The van der Waals surface area contributed by atoms with Crippen molar-refractivity contribution in [1.82, 2.24) is 15.6 Å². The van der Waals surface area contributed by atoms with Crippen molar-refractivity contribution in [1.29, 1.82) is 0 Å². The van der Waals surface area contributed by atoms with E-state index in [1.54, 1.807) is 11.8 Å². The molecule has 3 saturated heterocycles. The molecular weight excluding hydrogens is 352 g/mol. The molecule has 25 heavy (non-hydrogen) atoms. The van der Waals surface area contributed by atoms with E-state index in [1.165, 1.54) is 0 Å². The van der Waals surface area contributed by atoms with Gasteiger partial charge in [0.1, 0.15) is 4.85 Å². The van der Waals surface area contributed by atoms with E-state index >= 15 is 0 Å². The summed E-state index contributed by atoms with van der Waals surface area (Å²) in [5.74, 6) is -1.84. The van der Waals surface area contributed by atoms with Gasteiger partial charge in [0.25, 0.3) is 11.8 Å². The molecule has 3 atom stereocenters. The summed E-state index contributed by atoms with van der Waals surface area (Å²) in [6, 6.07) is -0.0944. The summed E-state index contributed by atoms with van der Waals surface area (Å²) >= 11 is 1.70. The molecule has 3 aliphatic rings. The fraction of sp³-hybridized carbons (Fsp3) is 0.643. The van der Waals surface area contributed by atoms with Crippen LogP contribution in [0.15, 0.2) is 0 Å². The number of hydrogen-bond donors (Lipinski definition) is 4. The first kappa shape index (κ1) is 17.5. The van der Waals surface area contributed by atoms with Crippen molar-refractivity contribution in [2.24, 2.45) is 0 Å². The third-order valence-corrected chi connectivity index (χ3v) is 6.05. The van der Waals surface area contributed by atoms with E-state index < -0.39 is 23.5 Å². The molecule has 10 nitrogen and oxygen atoms in total. The maximum Gasteiger partial charge on any atom is 0.404 e. The first-order valence-electron chi connectivity index (χ1n) is 8.01. The number of carboxylic acid groups (broad SMARTS) is 1. The third-order valence-electron chi connectivity index (χ3n) is 4.54. The van der Waals surface area contributed by atoms with E-state index in [2.05, 4.69) is 10.6 Å². The normalized spacial score (nSPS) is 29.4. The van der Waals surface area contributed by atoms with Crippen LogP contribution < -0.4 is 10.6 Å². The van der Waals surface area contributed by atoms with Gasteiger partial charge in [-0.25, -0.2) is 9.59 Å². The maximum atomic E-state index is 11.6. The Kier molecular flexibility index (Phi) is 4.84. The summed E-state index contributed by atoms with van der Waals surface area (Å²) in [6.45, 7) is 0. The molecule has 136 valence electrons.